The molecule has 0 aliphatic heterocycles. The van der Waals surface area contributed by atoms with E-state index < -0.39 is 5.82 Å². The first-order valence-corrected chi connectivity index (χ1v) is 8.61. The number of nitrogens with zero attached hydrogens (tertiary/aromatic N) is 8. The lowest BCUT2D eigenvalue weighted by Gasteiger charge is -2.09. The largest absolute Gasteiger partial charge is 0.381 e. The van der Waals surface area contributed by atoms with Crippen LogP contribution in [0.4, 0.5) is 10.2 Å². The number of hydrogen-bond donors (Lipinski definition) is 1. The van der Waals surface area contributed by atoms with Gasteiger partial charge in [-0.2, -0.15) is 0 Å². The monoisotopic (exact) mass is 389 g/mol. The molecule has 144 valence electrons. The van der Waals surface area contributed by atoms with E-state index in [4.69, 9.17) is 12.2 Å². The molecule has 0 bridgehead atoms. The molecule has 0 unspecified atom stereocenters. The zero-order valence-electron chi connectivity index (χ0n) is 15.7. The topological polar surface area (TPSA) is 113 Å². The number of terminal acetylenes is 1. The van der Waals surface area contributed by atoms with Gasteiger partial charge < -0.3 is 5.73 Å². The zero-order valence-corrected chi connectivity index (χ0v) is 15.7. The fraction of sp³-hybridized carbons (Fsp3) is 0.158. The number of halogens is 1. The molecular weight excluding hydrogens is 373 g/mol. The van der Waals surface area contributed by atoms with Crippen molar-refractivity contribution in [3.05, 3.63) is 53.2 Å². The number of nitrogen functional groups attached to an aromatic ring is 1. The molecule has 0 amide bonds. The average Bonchev–Trinajstić information content (AvgIpc) is 3.33. The Labute approximate surface area is 165 Å². The van der Waals surface area contributed by atoms with Crippen molar-refractivity contribution in [2.75, 3.05) is 5.73 Å². The van der Waals surface area contributed by atoms with Crippen molar-refractivity contribution in [2.45, 2.75) is 13.5 Å². The Morgan fingerprint density at radius 1 is 1.17 bits per heavy atom. The van der Waals surface area contributed by atoms with E-state index in [0.717, 1.165) is 5.56 Å². The van der Waals surface area contributed by atoms with Gasteiger partial charge in [-0.3, -0.25) is 4.68 Å². The van der Waals surface area contributed by atoms with Crippen molar-refractivity contribution in [3.8, 4) is 35.1 Å². The maximum absolute atomic E-state index is 14.7. The summed E-state index contributed by atoms with van der Waals surface area (Å²) in [5, 5.41) is 15.9. The first-order chi connectivity index (χ1) is 14.0. The number of aromatic nitrogens is 8. The van der Waals surface area contributed by atoms with Gasteiger partial charge in [0.15, 0.2) is 17.5 Å². The second kappa shape index (κ2) is 7.12. The normalized spacial score (nSPS) is 10.8. The highest BCUT2D eigenvalue weighted by Crippen LogP contribution is 2.28. The van der Waals surface area contributed by atoms with Crippen molar-refractivity contribution in [1.82, 2.24) is 40.0 Å². The molecule has 0 saturated carbocycles. The van der Waals surface area contributed by atoms with E-state index in [2.05, 4.69) is 36.5 Å². The minimum absolute atomic E-state index is 0.0385. The van der Waals surface area contributed by atoms with Crippen LogP contribution >= 0.6 is 0 Å². The third-order valence-electron chi connectivity index (χ3n) is 4.36. The van der Waals surface area contributed by atoms with E-state index >= 15 is 0 Å². The lowest BCUT2D eigenvalue weighted by Crippen LogP contribution is -2.04. The molecule has 3 heterocycles. The fourth-order valence-corrected chi connectivity index (χ4v) is 2.91. The SMILES string of the molecule is C#Cc1cccc(-c2nc(N)c(F)c(-c3cn(Cc4cn(C)nn4)nn3)n2)c1C. The number of aryl methyl sites for hydroxylation is 1. The lowest BCUT2D eigenvalue weighted by molar-refractivity contribution is 0.623. The molecule has 1 aromatic carbocycles. The van der Waals surface area contributed by atoms with Gasteiger partial charge in [-0.25, -0.2) is 19.0 Å². The van der Waals surface area contributed by atoms with E-state index in [1.54, 1.807) is 36.3 Å². The lowest BCUT2D eigenvalue weighted by atomic mass is 10.0. The minimum atomic E-state index is -0.758. The maximum atomic E-state index is 14.7. The van der Waals surface area contributed by atoms with Crippen molar-refractivity contribution in [3.63, 3.8) is 0 Å². The standard InChI is InChI=1S/C19H16FN9/c1-4-12-6-5-7-14(11(12)2)19-22-17(16(20)18(21)23-19)15-10-29(27-25-15)9-13-8-28(3)26-24-13/h1,5-8,10H,9H2,2-3H3,(H2,21,22,23). The van der Waals surface area contributed by atoms with Gasteiger partial charge in [0.25, 0.3) is 0 Å². The van der Waals surface area contributed by atoms with Crippen LogP contribution < -0.4 is 5.73 Å². The third kappa shape index (κ3) is 3.41. The van der Waals surface area contributed by atoms with Gasteiger partial charge in [-0.15, -0.1) is 16.6 Å². The van der Waals surface area contributed by atoms with Gasteiger partial charge in [0.2, 0.25) is 0 Å². The van der Waals surface area contributed by atoms with Crippen LogP contribution in [0.2, 0.25) is 0 Å². The molecule has 0 saturated heterocycles. The number of benzene rings is 1. The molecule has 0 spiro atoms. The molecule has 29 heavy (non-hydrogen) atoms. The highest BCUT2D eigenvalue weighted by atomic mass is 19.1. The number of nitrogens with two attached hydrogens (primary N) is 1. The molecule has 10 heteroatoms. The van der Waals surface area contributed by atoms with Crippen LogP contribution in [0.3, 0.4) is 0 Å². The molecule has 0 atom stereocenters. The van der Waals surface area contributed by atoms with Gasteiger partial charge in [-0.05, 0) is 18.6 Å². The van der Waals surface area contributed by atoms with E-state index in [-0.39, 0.29) is 23.0 Å². The predicted octanol–water partition coefficient (Wildman–Crippen LogP) is 1.59. The summed E-state index contributed by atoms with van der Waals surface area (Å²) in [7, 11) is 1.76. The average molecular weight is 389 g/mol. The molecule has 4 rings (SSSR count). The summed E-state index contributed by atoms with van der Waals surface area (Å²) in [5.41, 5.74) is 8.86. The van der Waals surface area contributed by atoms with Crippen LogP contribution in [-0.4, -0.2) is 40.0 Å². The van der Waals surface area contributed by atoms with Crippen LogP contribution in [0.1, 0.15) is 16.8 Å². The summed E-state index contributed by atoms with van der Waals surface area (Å²) < 4.78 is 17.8. The highest BCUT2D eigenvalue weighted by molar-refractivity contribution is 5.69. The van der Waals surface area contributed by atoms with E-state index in [9.17, 15) is 4.39 Å². The van der Waals surface area contributed by atoms with Crippen LogP contribution in [-0.2, 0) is 13.6 Å². The highest BCUT2D eigenvalue weighted by Gasteiger charge is 2.19. The van der Waals surface area contributed by atoms with Crippen LogP contribution in [0.25, 0.3) is 22.8 Å². The first kappa shape index (κ1) is 18.2. The van der Waals surface area contributed by atoms with Gasteiger partial charge in [0, 0.05) is 24.4 Å². The fourth-order valence-electron chi connectivity index (χ4n) is 2.91. The van der Waals surface area contributed by atoms with Crippen LogP contribution in [0.15, 0.2) is 30.6 Å². The Balaban J connectivity index is 1.75. The molecule has 4 aromatic rings. The summed E-state index contributed by atoms with van der Waals surface area (Å²) >= 11 is 0. The van der Waals surface area contributed by atoms with E-state index in [1.165, 1.54) is 4.68 Å². The molecule has 0 fully saturated rings. The van der Waals surface area contributed by atoms with Crippen molar-refractivity contribution < 1.29 is 4.39 Å². The van der Waals surface area contributed by atoms with Gasteiger partial charge >= 0.3 is 0 Å². The molecular formula is C19H16FN9. The summed E-state index contributed by atoms with van der Waals surface area (Å²) in [6, 6.07) is 5.40. The van der Waals surface area contributed by atoms with Gasteiger partial charge in [0.05, 0.1) is 12.7 Å². The van der Waals surface area contributed by atoms with E-state index in [1.807, 2.05) is 13.0 Å². The van der Waals surface area contributed by atoms with Crippen molar-refractivity contribution in [1.29, 1.82) is 0 Å². The van der Waals surface area contributed by atoms with E-state index in [0.29, 0.717) is 23.4 Å². The first-order valence-electron chi connectivity index (χ1n) is 8.61. The summed E-state index contributed by atoms with van der Waals surface area (Å²) in [5.74, 6) is 1.83. The van der Waals surface area contributed by atoms with Crippen molar-refractivity contribution in [2.24, 2.45) is 7.05 Å². The second-order valence-corrected chi connectivity index (χ2v) is 6.40. The number of hydrogen-bond acceptors (Lipinski definition) is 7. The quantitative estimate of drug-likeness (QED) is 0.527. The molecule has 3 aromatic heterocycles. The molecule has 0 radical (unpaired) electrons. The van der Waals surface area contributed by atoms with Gasteiger partial charge in [-0.1, -0.05) is 28.5 Å². The Bertz CT molecular complexity index is 1250. The number of rotatable bonds is 4. The van der Waals surface area contributed by atoms with Crippen molar-refractivity contribution >= 4 is 5.82 Å². The Morgan fingerprint density at radius 2 is 2.00 bits per heavy atom. The smallest absolute Gasteiger partial charge is 0.193 e. The Hall–Kier alpha value is -4.13. The molecule has 9 nitrogen and oxygen atoms in total. The van der Waals surface area contributed by atoms with Crippen LogP contribution in [0, 0.1) is 25.1 Å². The second-order valence-electron chi connectivity index (χ2n) is 6.40. The number of anilines is 1. The molecule has 0 aliphatic carbocycles. The zero-order chi connectivity index (χ0) is 20.5. The Morgan fingerprint density at radius 3 is 2.72 bits per heavy atom. The summed E-state index contributed by atoms with van der Waals surface area (Å²) in [6.45, 7) is 2.18. The predicted molar refractivity (Wildman–Crippen MR) is 104 cm³/mol. The molecule has 2 N–H and O–H groups in total. The summed E-state index contributed by atoms with van der Waals surface area (Å²) in [6.07, 6.45) is 8.85. The summed E-state index contributed by atoms with van der Waals surface area (Å²) in [4.78, 5) is 8.44. The maximum Gasteiger partial charge on any atom is 0.193 e. The third-order valence-corrected chi connectivity index (χ3v) is 4.36. The van der Waals surface area contributed by atoms with Gasteiger partial charge in [0.1, 0.15) is 17.1 Å². The minimum Gasteiger partial charge on any atom is -0.381 e. The van der Waals surface area contributed by atoms with Crippen LogP contribution in [0.5, 0.6) is 0 Å². The molecule has 0 aliphatic rings. The Kier molecular flexibility index (Phi) is 4.48.